The summed E-state index contributed by atoms with van der Waals surface area (Å²) in [5, 5.41) is 2.79. The Morgan fingerprint density at radius 2 is 1.94 bits per heavy atom. The molecular formula is C15H19NO2. The summed E-state index contributed by atoms with van der Waals surface area (Å²) in [5.74, 6) is 1.44. The molecule has 0 bridgehead atoms. The summed E-state index contributed by atoms with van der Waals surface area (Å²) in [6, 6.07) is 9.47. The van der Waals surface area contributed by atoms with Gasteiger partial charge in [0.05, 0.1) is 0 Å². The van der Waals surface area contributed by atoms with Gasteiger partial charge < -0.3 is 4.74 Å². The van der Waals surface area contributed by atoms with Gasteiger partial charge in [0.25, 0.3) is 0 Å². The molecule has 1 amide bonds. The Morgan fingerprint density at radius 3 is 2.67 bits per heavy atom. The topological polar surface area (TPSA) is 38.3 Å². The number of amides is 1. The molecule has 2 aliphatic rings. The first-order chi connectivity index (χ1) is 8.83. The van der Waals surface area contributed by atoms with Crippen molar-refractivity contribution in [1.82, 2.24) is 0 Å². The van der Waals surface area contributed by atoms with Gasteiger partial charge in [-0.15, -0.1) is 0 Å². The normalized spacial score (nSPS) is 29.9. The van der Waals surface area contributed by atoms with Crippen LogP contribution in [0.1, 0.15) is 32.1 Å². The van der Waals surface area contributed by atoms with E-state index in [4.69, 9.17) is 4.74 Å². The highest BCUT2D eigenvalue weighted by atomic mass is 16.6. The first-order valence-electron chi connectivity index (χ1n) is 6.85. The molecule has 0 heterocycles. The molecule has 18 heavy (non-hydrogen) atoms. The lowest BCUT2D eigenvalue weighted by atomic mass is 9.64. The van der Waals surface area contributed by atoms with Crippen molar-refractivity contribution in [3.05, 3.63) is 30.3 Å². The van der Waals surface area contributed by atoms with Crippen molar-refractivity contribution >= 4 is 11.8 Å². The van der Waals surface area contributed by atoms with Gasteiger partial charge in [-0.2, -0.15) is 0 Å². The highest BCUT2D eigenvalue weighted by Gasteiger charge is 2.41. The SMILES string of the molecule is O=C(Nc1ccccc1)OC1CCCC2CCC21. The number of carbonyl (C=O) groups is 1. The van der Waals surface area contributed by atoms with Crippen LogP contribution in [0, 0.1) is 11.8 Å². The summed E-state index contributed by atoms with van der Waals surface area (Å²) in [7, 11) is 0. The van der Waals surface area contributed by atoms with E-state index in [0.717, 1.165) is 18.0 Å². The number of hydrogen-bond acceptors (Lipinski definition) is 2. The number of rotatable bonds is 2. The van der Waals surface area contributed by atoms with Crippen LogP contribution in [0.4, 0.5) is 10.5 Å². The van der Waals surface area contributed by atoms with E-state index < -0.39 is 0 Å². The Labute approximate surface area is 108 Å². The number of benzene rings is 1. The lowest BCUT2D eigenvalue weighted by Gasteiger charge is -2.45. The van der Waals surface area contributed by atoms with Gasteiger partial charge in [-0.25, -0.2) is 4.79 Å². The van der Waals surface area contributed by atoms with Crippen LogP contribution in [-0.4, -0.2) is 12.2 Å². The van der Waals surface area contributed by atoms with E-state index in [1.165, 1.54) is 25.7 Å². The zero-order valence-electron chi connectivity index (χ0n) is 10.5. The van der Waals surface area contributed by atoms with E-state index in [2.05, 4.69) is 5.32 Å². The molecule has 0 aliphatic heterocycles. The third-order valence-corrected chi connectivity index (χ3v) is 4.30. The van der Waals surface area contributed by atoms with Gasteiger partial charge in [0.15, 0.2) is 0 Å². The maximum Gasteiger partial charge on any atom is 0.411 e. The van der Waals surface area contributed by atoms with Crippen molar-refractivity contribution < 1.29 is 9.53 Å². The van der Waals surface area contributed by atoms with Crippen LogP contribution in [0.5, 0.6) is 0 Å². The summed E-state index contributed by atoms with van der Waals surface area (Å²) in [6.07, 6.45) is 5.94. The molecule has 2 fully saturated rings. The second kappa shape index (κ2) is 5.01. The summed E-state index contributed by atoms with van der Waals surface area (Å²) < 4.78 is 5.58. The quantitative estimate of drug-likeness (QED) is 0.860. The molecule has 0 spiro atoms. The number of ether oxygens (including phenoxy) is 1. The van der Waals surface area contributed by atoms with Gasteiger partial charge in [0.1, 0.15) is 6.10 Å². The average molecular weight is 245 g/mol. The molecule has 1 aromatic carbocycles. The Kier molecular flexibility index (Phi) is 3.22. The number of hydrogen-bond donors (Lipinski definition) is 1. The van der Waals surface area contributed by atoms with Gasteiger partial charge in [-0.05, 0) is 56.1 Å². The summed E-state index contributed by atoms with van der Waals surface area (Å²) in [5.41, 5.74) is 0.795. The molecule has 3 heteroatoms. The fourth-order valence-corrected chi connectivity index (χ4v) is 3.19. The fourth-order valence-electron chi connectivity index (χ4n) is 3.19. The highest BCUT2D eigenvalue weighted by molar-refractivity contribution is 5.84. The molecule has 3 nitrogen and oxygen atoms in total. The molecule has 1 N–H and O–H groups in total. The molecule has 2 aliphatic carbocycles. The molecule has 3 unspecified atom stereocenters. The van der Waals surface area contributed by atoms with E-state index in [1.54, 1.807) is 0 Å². The first-order valence-corrected chi connectivity index (χ1v) is 6.85. The highest BCUT2D eigenvalue weighted by Crippen LogP contribution is 2.46. The van der Waals surface area contributed by atoms with Gasteiger partial charge in [0, 0.05) is 5.69 Å². The molecule has 0 saturated heterocycles. The molecule has 0 radical (unpaired) electrons. The second-order valence-electron chi connectivity index (χ2n) is 5.37. The molecule has 0 aromatic heterocycles. The van der Waals surface area contributed by atoms with Crippen LogP contribution in [0.3, 0.4) is 0 Å². The smallest absolute Gasteiger partial charge is 0.411 e. The minimum atomic E-state index is -0.307. The van der Waals surface area contributed by atoms with Crippen molar-refractivity contribution in [3.8, 4) is 0 Å². The minimum Gasteiger partial charge on any atom is -0.446 e. The zero-order valence-corrected chi connectivity index (χ0v) is 10.5. The largest absolute Gasteiger partial charge is 0.446 e. The molecule has 96 valence electrons. The van der Waals surface area contributed by atoms with Crippen LogP contribution in [0.15, 0.2) is 30.3 Å². The Hall–Kier alpha value is -1.51. The van der Waals surface area contributed by atoms with Crippen LogP contribution < -0.4 is 5.32 Å². The van der Waals surface area contributed by atoms with Crippen molar-refractivity contribution in [1.29, 1.82) is 0 Å². The van der Waals surface area contributed by atoms with Crippen molar-refractivity contribution in [2.75, 3.05) is 5.32 Å². The molecule has 3 rings (SSSR count). The monoisotopic (exact) mass is 245 g/mol. The molecular weight excluding hydrogens is 226 g/mol. The second-order valence-corrected chi connectivity index (χ2v) is 5.37. The van der Waals surface area contributed by atoms with E-state index in [1.807, 2.05) is 30.3 Å². The van der Waals surface area contributed by atoms with E-state index in [9.17, 15) is 4.79 Å². The van der Waals surface area contributed by atoms with Crippen LogP contribution in [0.2, 0.25) is 0 Å². The van der Waals surface area contributed by atoms with Crippen LogP contribution >= 0.6 is 0 Å². The van der Waals surface area contributed by atoms with Crippen LogP contribution in [0.25, 0.3) is 0 Å². The summed E-state index contributed by atoms with van der Waals surface area (Å²) >= 11 is 0. The van der Waals surface area contributed by atoms with E-state index >= 15 is 0 Å². The van der Waals surface area contributed by atoms with Crippen molar-refractivity contribution in [2.24, 2.45) is 11.8 Å². The third-order valence-electron chi connectivity index (χ3n) is 4.30. The Balaban J connectivity index is 1.54. The standard InChI is InChI=1S/C15H19NO2/c17-15(16-12-6-2-1-3-7-12)18-14-8-4-5-11-9-10-13(11)14/h1-3,6-7,11,13-14H,4-5,8-10H2,(H,16,17). The summed E-state index contributed by atoms with van der Waals surface area (Å²) in [6.45, 7) is 0. The van der Waals surface area contributed by atoms with Crippen molar-refractivity contribution in [2.45, 2.75) is 38.2 Å². The lowest BCUT2D eigenvalue weighted by Crippen LogP contribution is -2.42. The molecule has 1 aromatic rings. The van der Waals surface area contributed by atoms with Gasteiger partial charge in [-0.1, -0.05) is 18.2 Å². The number of para-hydroxylation sites is 1. The molecule has 3 atom stereocenters. The predicted octanol–water partition coefficient (Wildman–Crippen LogP) is 3.81. The van der Waals surface area contributed by atoms with Crippen molar-refractivity contribution in [3.63, 3.8) is 0 Å². The van der Waals surface area contributed by atoms with Gasteiger partial charge >= 0.3 is 6.09 Å². The predicted molar refractivity (Wildman–Crippen MR) is 70.4 cm³/mol. The zero-order chi connectivity index (χ0) is 12.4. The minimum absolute atomic E-state index is 0.140. The number of anilines is 1. The number of carbonyl (C=O) groups excluding carboxylic acids is 1. The van der Waals surface area contributed by atoms with E-state index in [0.29, 0.717) is 5.92 Å². The number of nitrogens with one attached hydrogen (secondary N) is 1. The lowest BCUT2D eigenvalue weighted by molar-refractivity contribution is -0.0302. The Bertz CT molecular complexity index is 418. The number of fused-ring (bicyclic) bond motifs is 1. The maximum absolute atomic E-state index is 11.8. The third kappa shape index (κ3) is 2.35. The molecule has 2 saturated carbocycles. The van der Waals surface area contributed by atoms with Gasteiger partial charge in [0.2, 0.25) is 0 Å². The van der Waals surface area contributed by atoms with Gasteiger partial charge in [-0.3, -0.25) is 5.32 Å². The Morgan fingerprint density at radius 1 is 1.11 bits per heavy atom. The fraction of sp³-hybridized carbons (Fsp3) is 0.533. The van der Waals surface area contributed by atoms with E-state index in [-0.39, 0.29) is 12.2 Å². The summed E-state index contributed by atoms with van der Waals surface area (Å²) in [4.78, 5) is 11.8. The maximum atomic E-state index is 11.8. The first kappa shape index (κ1) is 11.6. The average Bonchev–Trinajstić information content (AvgIpc) is 2.32. The van der Waals surface area contributed by atoms with Crippen LogP contribution in [-0.2, 0) is 4.74 Å².